The molecule has 10 heteroatoms. The average Bonchev–Trinajstić information content (AvgIpc) is 3.28. The lowest BCUT2D eigenvalue weighted by atomic mass is 9.92. The van der Waals surface area contributed by atoms with Crippen LogP contribution in [-0.2, 0) is 16.9 Å². The van der Waals surface area contributed by atoms with Crippen LogP contribution in [0.5, 0.6) is 5.75 Å². The van der Waals surface area contributed by atoms with Crippen molar-refractivity contribution >= 4 is 29.0 Å². The van der Waals surface area contributed by atoms with Gasteiger partial charge < -0.3 is 20.3 Å². The Hall–Kier alpha value is -4.86. The molecule has 38 heavy (non-hydrogen) atoms. The van der Waals surface area contributed by atoms with Crippen LogP contribution in [-0.4, -0.2) is 28.8 Å². The van der Waals surface area contributed by atoms with E-state index in [-0.39, 0.29) is 35.2 Å². The van der Waals surface area contributed by atoms with Crippen molar-refractivity contribution in [3.63, 3.8) is 0 Å². The van der Waals surface area contributed by atoms with Gasteiger partial charge in [-0.2, -0.15) is 0 Å². The Morgan fingerprint density at radius 1 is 0.947 bits per heavy atom. The van der Waals surface area contributed by atoms with Crippen molar-refractivity contribution < 1.29 is 23.1 Å². The molecule has 190 valence electrons. The van der Waals surface area contributed by atoms with E-state index >= 15 is 0 Å². The van der Waals surface area contributed by atoms with Gasteiger partial charge >= 0.3 is 0 Å². The Morgan fingerprint density at radius 2 is 1.66 bits per heavy atom. The largest absolute Gasteiger partial charge is 0.471 e. The first kappa shape index (κ1) is 23.5. The van der Waals surface area contributed by atoms with Crippen molar-refractivity contribution in [3.8, 4) is 17.1 Å². The molecule has 0 unspecified atom stereocenters. The number of aromatic nitrogens is 2. The summed E-state index contributed by atoms with van der Waals surface area (Å²) in [5.74, 6) is -1.71. The number of amides is 2. The highest BCUT2D eigenvalue weighted by Crippen LogP contribution is 2.41. The molecule has 2 amide bonds. The van der Waals surface area contributed by atoms with E-state index in [9.17, 15) is 18.4 Å². The fourth-order valence-electron chi connectivity index (χ4n) is 4.74. The monoisotopic (exact) mass is 513 g/mol. The molecular weight excluding hydrogens is 492 g/mol. The van der Waals surface area contributed by atoms with Gasteiger partial charge in [0.15, 0.2) is 5.82 Å². The molecule has 3 aromatic carbocycles. The van der Waals surface area contributed by atoms with Gasteiger partial charge in [-0.25, -0.2) is 18.7 Å². The quantitative estimate of drug-likeness (QED) is 0.412. The number of para-hydroxylation sites is 2. The fraction of sp³-hybridized carbons (Fsp3) is 0.143. The van der Waals surface area contributed by atoms with Gasteiger partial charge in [0.05, 0.1) is 23.5 Å². The molecule has 1 aromatic heterocycles. The highest BCUT2D eigenvalue weighted by molar-refractivity contribution is 6.03. The topological polar surface area (TPSA) is 96.5 Å². The van der Waals surface area contributed by atoms with E-state index in [1.165, 1.54) is 6.07 Å². The number of hydrogen-bond donors (Lipinski definition) is 2. The predicted octanol–water partition coefficient (Wildman–Crippen LogP) is 4.68. The summed E-state index contributed by atoms with van der Waals surface area (Å²) in [6, 6.07) is 17.7. The van der Waals surface area contributed by atoms with Crippen LogP contribution in [0.25, 0.3) is 11.4 Å². The minimum absolute atomic E-state index is 0.111. The van der Waals surface area contributed by atoms with Gasteiger partial charge in [0.2, 0.25) is 5.60 Å². The summed E-state index contributed by atoms with van der Waals surface area (Å²) in [6.45, 7) is 1.82. The molecule has 0 radical (unpaired) electrons. The lowest BCUT2D eigenvalue weighted by molar-refractivity contribution is -0.134. The molecule has 8 nitrogen and oxygen atoms in total. The Kier molecular flexibility index (Phi) is 5.34. The normalized spacial score (nSPS) is 17.9. The van der Waals surface area contributed by atoms with Crippen molar-refractivity contribution in [1.29, 1.82) is 0 Å². The standard InChI is InChI=1S/C28H21F2N5O3/c1-28(27(37)35(2)20-8-3-4-9-21(20)38-28)15-10-12-16(13-11-15)32-25-23-19(14-31-26(23)36)33-24(34-25)22-17(29)6-5-7-18(22)30/h3-13H,14H2,1-2H3,(H,31,36)(H,32,33,34)/t28-/m0/s1. The van der Waals surface area contributed by atoms with Gasteiger partial charge in [0.25, 0.3) is 11.8 Å². The molecule has 0 aliphatic carbocycles. The van der Waals surface area contributed by atoms with Crippen molar-refractivity contribution in [2.75, 3.05) is 17.3 Å². The van der Waals surface area contributed by atoms with Crippen LogP contribution in [0.3, 0.4) is 0 Å². The van der Waals surface area contributed by atoms with E-state index in [0.717, 1.165) is 12.1 Å². The van der Waals surface area contributed by atoms with Gasteiger partial charge in [-0.15, -0.1) is 0 Å². The number of halogens is 2. The highest BCUT2D eigenvalue weighted by atomic mass is 19.1. The van der Waals surface area contributed by atoms with Crippen molar-refractivity contribution in [3.05, 3.63) is 95.2 Å². The predicted molar refractivity (Wildman–Crippen MR) is 136 cm³/mol. The summed E-state index contributed by atoms with van der Waals surface area (Å²) in [4.78, 5) is 35.8. The van der Waals surface area contributed by atoms with Gasteiger partial charge in [0, 0.05) is 18.3 Å². The van der Waals surface area contributed by atoms with Crippen LogP contribution in [0.1, 0.15) is 28.5 Å². The average molecular weight is 514 g/mol. The summed E-state index contributed by atoms with van der Waals surface area (Å²) in [5.41, 5.74) is 0.740. The summed E-state index contributed by atoms with van der Waals surface area (Å²) in [6.07, 6.45) is 0. The Bertz CT molecular complexity index is 1610. The van der Waals surface area contributed by atoms with Crippen molar-refractivity contribution in [2.45, 2.75) is 19.1 Å². The Morgan fingerprint density at radius 3 is 2.39 bits per heavy atom. The SMILES string of the molecule is CN1C(=O)[C@](C)(c2ccc(Nc3nc(-c4c(F)cccc4F)nc4c3C(=O)NC4)cc2)Oc2ccccc21. The molecule has 0 saturated heterocycles. The summed E-state index contributed by atoms with van der Waals surface area (Å²) < 4.78 is 35.1. The van der Waals surface area contributed by atoms with Crippen LogP contribution < -0.4 is 20.3 Å². The number of anilines is 3. The van der Waals surface area contributed by atoms with Gasteiger partial charge in [-0.1, -0.05) is 30.3 Å². The zero-order valence-corrected chi connectivity index (χ0v) is 20.4. The first-order chi connectivity index (χ1) is 18.3. The van der Waals surface area contributed by atoms with E-state index in [2.05, 4.69) is 20.6 Å². The number of likely N-dealkylation sites (N-methyl/N-ethyl adjacent to an activating group) is 1. The first-order valence-electron chi connectivity index (χ1n) is 11.8. The smallest absolute Gasteiger partial charge is 0.275 e. The molecule has 0 fully saturated rings. The van der Waals surface area contributed by atoms with Crippen molar-refractivity contribution in [2.24, 2.45) is 0 Å². The molecule has 0 bridgehead atoms. The molecule has 0 saturated carbocycles. The summed E-state index contributed by atoms with van der Waals surface area (Å²) >= 11 is 0. The van der Waals surface area contributed by atoms with E-state index in [4.69, 9.17) is 4.74 Å². The number of fused-ring (bicyclic) bond motifs is 2. The zero-order valence-electron chi connectivity index (χ0n) is 20.4. The third-order valence-corrected chi connectivity index (χ3v) is 6.77. The minimum Gasteiger partial charge on any atom is -0.471 e. The van der Waals surface area contributed by atoms with Crippen molar-refractivity contribution in [1.82, 2.24) is 15.3 Å². The maximum atomic E-state index is 14.5. The lowest BCUT2D eigenvalue weighted by Crippen LogP contribution is -2.50. The Balaban J connectivity index is 1.35. The molecule has 4 aromatic rings. The molecule has 2 aliphatic rings. The maximum Gasteiger partial charge on any atom is 0.275 e. The number of ether oxygens (including phenoxy) is 1. The Labute approximate surface area is 216 Å². The summed E-state index contributed by atoms with van der Waals surface area (Å²) in [7, 11) is 1.70. The van der Waals surface area contributed by atoms with Crippen LogP contribution >= 0.6 is 0 Å². The summed E-state index contributed by atoms with van der Waals surface area (Å²) in [5, 5.41) is 5.73. The second-order valence-electron chi connectivity index (χ2n) is 9.17. The number of nitrogens with one attached hydrogen (secondary N) is 2. The second-order valence-corrected chi connectivity index (χ2v) is 9.17. The first-order valence-corrected chi connectivity index (χ1v) is 11.8. The van der Waals surface area contributed by atoms with Crippen LogP contribution in [0, 0.1) is 11.6 Å². The molecule has 0 spiro atoms. The molecular formula is C28H21F2N5O3. The van der Waals surface area contributed by atoms with Crippen LogP contribution in [0.15, 0.2) is 66.7 Å². The minimum atomic E-state index is -1.26. The number of benzene rings is 3. The number of rotatable bonds is 4. The molecule has 2 N–H and O–H groups in total. The molecule has 1 atom stereocenters. The number of nitrogens with zero attached hydrogens (tertiary/aromatic N) is 3. The van der Waals surface area contributed by atoms with Gasteiger partial charge in [0.1, 0.15) is 28.8 Å². The van der Waals surface area contributed by atoms with E-state index < -0.39 is 23.1 Å². The van der Waals surface area contributed by atoms with Gasteiger partial charge in [-0.3, -0.25) is 9.59 Å². The number of carbonyl (C=O) groups excluding carboxylic acids is 2. The van der Waals surface area contributed by atoms with Gasteiger partial charge in [-0.05, 0) is 43.3 Å². The fourth-order valence-corrected chi connectivity index (χ4v) is 4.74. The third-order valence-electron chi connectivity index (χ3n) is 6.77. The van der Waals surface area contributed by atoms with Crippen LogP contribution in [0.4, 0.5) is 26.0 Å². The van der Waals surface area contributed by atoms with E-state index in [0.29, 0.717) is 28.4 Å². The molecule has 3 heterocycles. The molecule has 6 rings (SSSR count). The maximum absolute atomic E-state index is 14.5. The molecule has 2 aliphatic heterocycles. The number of hydrogen-bond acceptors (Lipinski definition) is 6. The van der Waals surface area contributed by atoms with E-state index in [1.807, 2.05) is 24.3 Å². The van der Waals surface area contributed by atoms with Crippen LogP contribution in [0.2, 0.25) is 0 Å². The third kappa shape index (κ3) is 3.64. The lowest BCUT2D eigenvalue weighted by Gasteiger charge is -2.39. The highest BCUT2D eigenvalue weighted by Gasteiger charge is 2.44. The van der Waals surface area contributed by atoms with E-state index in [1.54, 1.807) is 43.1 Å². The zero-order chi connectivity index (χ0) is 26.6. The number of carbonyl (C=O) groups is 2. The second kappa shape index (κ2) is 8.62.